The summed E-state index contributed by atoms with van der Waals surface area (Å²) in [6, 6.07) is 0. The molecule has 2 unspecified atom stereocenters. The summed E-state index contributed by atoms with van der Waals surface area (Å²) in [5.74, 6) is 0. The van der Waals surface area contributed by atoms with Crippen molar-refractivity contribution in [2.75, 3.05) is 13.2 Å². The second-order valence-corrected chi connectivity index (χ2v) is 6.84. The van der Waals surface area contributed by atoms with Gasteiger partial charge in [-0.05, 0) is 45.4 Å². The van der Waals surface area contributed by atoms with Crippen molar-refractivity contribution >= 4 is 0 Å². The van der Waals surface area contributed by atoms with Crippen LogP contribution in [0.1, 0.15) is 53.9 Å². The van der Waals surface area contributed by atoms with E-state index in [0.717, 1.165) is 19.3 Å². The minimum absolute atomic E-state index is 0.0256. The van der Waals surface area contributed by atoms with Gasteiger partial charge < -0.3 is 14.6 Å². The van der Waals surface area contributed by atoms with Gasteiger partial charge in [0.15, 0.2) is 0 Å². The lowest BCUT2D eigenvalue weighted by atomic mass is 9.75. The molecule has 0 aromatic rings. The van der Waals surface area contributed by atoms with Crippen LogP contribution in [0.25, 0.3) is 0 Å². The molecule has 0 saturated heterocycles. The summed E-state index contributed by atoms with van der Waals surface area (Å²) in [6.45, 7) is 11.7. The van der Waals surface area contributed by atoms with E-state index in [-0.39, 0.29) is 23.2 Å². The number of rotatable bonds is 4. The maximum atomic E-state index is 9.89. The van der Waals surface area contributed by atoms with Gasteiger partial charge in [-0.25, -0.2) is 0 Å². The van der Waals surface area contributed by atoms with E-state index in [9.17, 15) is 5.11 Å². The Labute approximate surface area is 105 Å². The first-order chi connectivity index (χ1) is 7.70. The first kappa shape index (κ1) is 14.9. The molecular weight excluding hydrogens is 216 g/mol. The molecule has 0 radical (unpaired) electrons. The standard InChI is InChI=1S/C14H28O3/c1-13(2,3)17-9-8-16-12-10-14(4,5)7-6-11(12)15/h11-12,15H,6-10H2,1-5H3. The van der Waals surface area contributed by atoms with E-state index in [0.29, 0.717) is 13.2 Å². The van der Waals surface area contributed by atoms with Crippen molar-refractivity contribution in [3.8, 4) is 0 Å². The third-order valence-corrected chi connectivity index (χ3v) is 3.25. The first-order valence-corrected chi connectivity index (χ1v) is 6.63. The molecule has 0 spiro atoms. The third-order valence-electron chi connectivity index (χ3n) is 3.25. The van der Waals surface area contributed by atoms with E-state index >= 15 is 0 Å². The molecule has 1 fully saturated rings. The minimum atomic E-state index is -0.308. The van der Waals surface area contributed by atoms with Gasteiger partial charge in [0.2, 0.25) is 0 Å². The molecule has 1 aliphatic carbocycles. The summed E-state index contributed by atoms with van der Waals surface area (Å²) in [4.78, 5) is 0. The highest BCUT2D eigenvalue weighted by molar-refractivity contribution is 4.85. The molecule has 0 amide bonds. The Morgan fingerprint density at radius 3 is 2.47 bits per heavy atom. The van der Waals surface area contributed by atoms with Crippen LogP contribution >= 0.6 is 0 Å². The molecule has 0 bridgehead atoms. The fourth-order valence-corrected chi connectivity index (χ4v) is 2.22. The maximum absolute atomic E-state index is 9.89. The lowest BCUT2D eigenvalue weighted by Gasteiger charge is -2.38. The number of ether oxygens (including phenoxy) is 2. The Balaban J connectivity index is 2.26. The van der Waals surface area contributed by atoms with Gasteiger partial charge in [0.25, 0.3) is 0 Å². The van der Waals surface area contributed by atoms with Gasteiger partial charge >= 0.3 is 0 Å². The zero-order chi connectivity index (χ0) is 13.1. The summed E-state index contributed by atoms with van der Waals surface area (Å²) in [7, 11) is 0. The average molecular weight is 244 g/mol. The van der Waals surface area contributed by atoms with Crippen LogP contribution < -0.4 is 0 Å². The fourth-order valence-electron chi connectivity index (χ4n) is 2.22. The van der Waals surface area contributed by atoms with Crippen molar-refractivity contribution in [1.29, 1.82) is 0 Å². The smallest absolute Gasteiger partial charge is 0.0840 e. The Morgan fingerprint density at radius 1 is 1.24 bits per heavy atom. The summed E-state index contributed by atoms with van der Waals surface area (Å²) in [6.07, 6.45) is 2.52. The third kappa shape index (κ3) is 5.84. The second kappa shape index (κ2) is 5.68. The van der Waals surface area contributed by atoms with Crippen LogP contribution in [0.5, 0.6) is 0 Å². The summed E-state index contributed by atoms with van der Waals surface area (Å²) in [5.41, 5.74) is 0.169. The van der Waals surface area contributed by atoms with Crippen LogP contribution in [0.4, 0.5) is 0 Å². The van der Waals surface area contributed by atoms with Crippen molar-refractivity contribution in [2.24, 2.45) is 5.41 Å². The van der Waals surface area contributed by atoms with Gasteiger partial charge in [0.05, 0.1) is 31.0 Å². The molecule has 0 heterocycles. The van der Waals surface area contributed by atoms with Crippen LogP contribution in [0.2, 0.25) is 0 Å². The SMILES string of the molecule is CC1(C)CCC(O)C(OCCOC(C)(C)C)C1. The van der Waals surface area contributed by atoms with Gasteiger partial charge in [-0.15, -0.1) is 0 Å². The molecule has 1 N–H and O–H groups in total. The Kier molecular flexibility index (Phi) is 4.99. The lowest BCUT2D eigenvalue weighted by Crippen LogP contribution is -2.40. The van der Waals surface area contributed by atoms with Gasteiger partial charge in [-0.3, -0.25) is 0 Å². The van der Waals surface area contributed by atoms with Crippen molar-refractivity contribution < 1.29 is 14.6 Å². The summed E-state index contributed by atoms with van der Waals surface area (Å²) < 4.78 is 11.4. The highest BCUT2D eigenvalue weighted by Crippen LogP contribution is 2.36. The molecule has 0 aliphatic heterocycles. The molecule has 0 aromatic heterocycles. The van der Waals surface area contributed by atoms with Crippen LogP contribution in [-0.4, -0.2) is 36.1 Å². The molecule has 2 atom stereocenters. The van der Waals surface area contributed by atoms with E-state index in [1.807, 2.05) is 20.8 Å². The first-order valence-electron chi connectivity index (χ1n) is 6.63. The highest BCUT2D eigenvalue weighted by Gasteiger charge is 2.34. The molecule has 1 saturated carbocycles. The van der Waals surface area contributed by atoms with E-state index in [4.69, 9.17) is 9.47 Å². The van der Waals surface area contributed by atoms with Gasteiger partial charge in [0, 0.05) is 0 Å². The predicted octanol–water partition coefficient (Wildman–Crippen LogP) is 2.76. The van der Waals surface area contributed by atoms with Gasteiger partial charge in [-0.2, -0.15) is 0 Å². The maximum Gasteiger partial charge on any atom is 0.0840 e. The van der Waals surface area contributed by atoms with Crippen molar-refractivity contribution in [3.05, 3.63) is 0 Å². The molecule has 1 aliphatic rings. The minimum Gasteiger partial charge on any atom is -0.390 e. The molecule has 102 valence electrons. The number of hydrogen-bond acceptors (Lipinski definition) is 3. The van der Waals surface area contributed by atoms with Crippen molar-refractivity contribution in [2.45, 2.75) is 71.7 Å². The molecule has 1 rings (SSSR count). The predicted molar refractivity (Wildman–Crippen MR) is 69.1 cm³/mol. The average Bonchev–Trinajstić information content (AvgIpc) is 2.16. The summed E-state index contributed by atoms with van der Waals surface area (Å²) >= 11 is 0. The fraction of sp³-hybridized carbons (Fsp3) is 1.00. The van der Waals surface area contributed by atoms with E-state index < -0.39 is 0 Å². The molecule has 3 heteroatoms. The van der Waals surface area contributed by atoms with E-state index in [1.54, 1.807) is 0 Å². The lowest BCUT2D eigenvalue weighted by molar-refractivity contribution is -0.109. The Bertz CT molecular complexity index is 230. The molecule has 3 nitrogen and oxygen atoms in total. The monoisotopic (exact) mass is 244 g/mol. The van der Waals surface area contributed by atoms with Crippen LogP contribution in [-0.2, 0) is 9.47 Å². The quantitative estimate of drug-likeness (QED) is 0.773. The van der Waals surface area contributed by atoms with Crippen molar-refractivity contribution in [3.63, 3.8) is 0 Å². The van der Waals surface area contributed by atoms with Gasteiger partial charge in [-0.1, -0.05) is 13.8 Å². The van der Waals surface area contributed by atoms with Crippen LogP contribution in [0, 0.1) is 5.41 Å². The topological polar surface area (TPSA) is 38.7 Å². The largest absolute Gasteiger partial charge is 0.390 e. The zero-order valence-electron chi connectivity index (χ0n) is 12.0. The van der Waals surface area contributed by atoms with E-state index in [1.165, 1.54) is 0 Å². The zero-order valence-corrected chi connectivity index (χ0v) is 12.0. The summed E-state index contributed by atoms with van der Waals surface area (Å²) in [5, 5.41) is 9.89. The number of aliphatic hydroxyl groups excluding tert-OH is 1. The molecular formula is C14H28O3. The number of aliphatic hydroxyl groups is 1. The van der Waals surface area contributed by atoms with Crippen molar-refractivity contribution in [1.82, 2.24) is 0 Å². The Hall–Kier alpha value is -0.120. The molecule has 0 aromatic carbocycles. The second-order valence-electron chi connectivity index (χ2n) is 6.84. The van der Waals surface area contributed by atoms with Gasteiger partial charge in [0.1, 0.15) is 0 Å². The van der Waals surface area contributed by atoms with Crippen LogP contribution in [0.15, 0.2) is 0 Å². The van der Waals surface area contributed by atoms with E-state index in [2.05, 4.69) is 13.8 Å². The van der Waals surface area contributed by atoms with Crippen LogP contribution in [0.3, 0.4) is 0 Å². The Morgan fingerprint density at radius 2 is 1.88 bits per heavy atom. The molecule has 17 heavy (non-hydrogen) atoms. The normalized spacial score (nSPS) is 29.3. The highest BCUT2D eigenvalue weighted by atomic mass is 16.5. The number of hydrogen-bond donors (Lipinski definition) is 1.